The summed E-state index contributed by atoms with van der Waals surface area (Å²) in [7, 11) is 1.84. The van der Waals surface area contributed by atoms with E-state index in [1.165, 1.54) is 51.5 Å². The smallest absolute Gasteiger partial charge is 0.0572 e. The zero-order valence-corrected chi connectivity index (χ0v) is 11.5. The van der Waals surface area contributed by atoms with E-state index in [-0.39, 0.29) is 5.54 Å². The first-order chi connectivity index (χ1) is 8.25. The topological polar surface area (TPSA) is 38.5 Å². The van der Waals surface area contributed by atoms with Crippen LogP contribution in [0.5, 0.6) is 0 Å². The molecule has 0 aromatic carbocycles. The summed E-state index contributed by atoms with van der Waals surface area (Å²) in [6.07, 6.45) is 9.28. The van der Waals surface area contributed by atoms with Crippen molar-refractivity contribution < 1.29 is 4.74 Å². The van der Waals surface area contributed by atoms with E-state index in [1.54, 1.807) is 0 Å². The van der Waals surface area contributed by atoms with Gasteiger partial charge in [0.15, 0.2) is 0 Å². The first kappa shape index (κ1) is 13.3. The van der Waals surface area contributed by atoms with Crippen LogP contribution in [0.3, 0.4) is 0 Å². The molecule has 0 saturated heterocycles. The van der Waals surface area contributed by atoms with Crippen LogP contribution in [-0.2, 0) is 4.74 Å². The minimum Gasteiger partial charge on any atom is -0.381 e. The fraction of sp³-hybridized carbons (Fsp3) is 1.00. The standard InChI is InChI=1S/C14H28N2O/c1-3-10-16(12-4-5-12)14(11-15)8-6-13(17-2)7-9-14/h12-13H,3-11,15H2,1-2H3. The molecule has 100 valence electrons. The Morgan fingerprint density at radius 2 is 1.88 bits per heavy atom. The zero-order chi connectivity index (χ0) is 12.3. The van der Waals surface area contributed by atoms with E-state index in [4.69, 9.17) is 10.5 Å². The third-order valence-electron chi connectivity index (χ3n) is 4.64. The van der Waals surface area contributed by atoms with E-state index in [1.807, 2.05) is 7.11 Å². The number of nitrogens with two attached hydrogens (primary N) is 1. The lowest BCUT2D eigenvalue weighted by Crippen LogP contribution is -2.57. The predicted octanol–water partition coefficient (Wildman–Crippen LogP) is 2.15. The molecule has 0 aromatic heterocycles. The third kappa shape index (κ3) is 2.83. The molecule has 0 atom stereocenters. The lowest BCUT2D eigenvalue weighted by molar-refractivity contribution is -0.0109. The number of nitrogens with zero attached hydrogens (tertiary/aromatic N) is 1. The van der Waals surface area contributed by atoms with Gasteiger partial charge in [0.05, 0.1) is 6.10 Å². The fourth-order valence-corrected chi connectivity index (χ4v) is 3.41. The average Bonchev–Trinajstić information content (AvgIpc) is 3.20. The van der Waals surface area contributed by atoms with Crippen LogP contribution in [0, 0.1) is 0 Å². The van der Waals surface area contributed by atoms with Gasteiger partial charge in [-0.15, -0.1) is 0 Å². The molecule has 0 bridgehead atoms. The van der Waals surface area contributed by atoms with E-state index in [9.17, 15) is 0 Å². The number of rotatable bonds is 6. The van der Waals surface area contributed by atoms with Crippen LogP contribution in [0.25, 0.3) is 0 Å². The van der Waals surface area contributed by atoms with Gasteiger partial charge in [-0.2, -0.15) is 0 Å². The van der Waals surface area contributed by atoms with Gasteiger partial charge in [0.25, 0.3) is 0 Å². The molecule has 0 aliphatic heterocycles. The SMILES string of the molecule is CCCN(C1CC1)C1(CN)CCC(OC)CC1. The van der Waals surface area contributed by atoms with Gasteiger partial charge in [0, 0.05) is 25.2 Å². The zero-order valence-electron chi connectivity index (χ0n) is 11.5. The number of hydrogen-bond donors (Lipinski definition) is 1. The van der Waals surface area contributed by atoms with Crippen LogP contribution < -0.4 is 5.73 Å². The van der Waals surface area contributed by atoms with Gasteiger partial charge in [-0.1, -0.05) is 6.92 Å². The molecule has 2 saturated carbocycles. The van der Waals surface area contributed by atoms with Crippen LogP contribution in [0.15, 0.2) is 0 Å². The molecule has 0 spiro atoms. The Bertz CT molecular complexity index is 232. The van der Waals surface area contributed by atoms with E-state index >= 15 is 0 Å². The van der Waals surface area contributed by atoms with E-state index in [2.05, 4.69) is 11.8 Å². The molecule has 0 unspecified atom stereocenters. The van der Waals surface area contributed by atoms with Crippen LogP contribution in [0.2, 0.25) is 0 Å². The number of methoxy groups -OCH3 is 1. The largest absolute Gasteiger partial charge is 0.381 e. The summed E-state index contributed by atoms with van der Waals surface area (Å²) in [6, 6.07) is 0.831. The van der Waals surface area contributed by atoms with Crippen molar-refractivity contribution in [3.63, 3.8) is 0 Å². The molecule has 2 aliphatic rings. The summed E-state index contributed by atoms with van der Waals surface area (Å²) >= 11 is 0. The molecule has 0 radical (unpaired) electrons. The molecule has 2 rings (SSSR count). The summed E-state index contributed by atoms with van der Waals surface area (Å²) in [5, 5.41) is 0. The van der Waals surface area contributed by atoms with Crippen molar-refractivity contribution in [3.8, 4) is 0 Å². The molecule has 0 amide bonds. The quantitative estimate of drug-likeness (QED) is 0.773. The van der Waals surface area contributed by atoms with Crippen molar-refractivity contribution in [2.75, 3.05) is 20.2 Å². The maximum atomic E-state index is 6.14. The van der Waals surface area contributed by atoms with Crippen molar-refractivity contribution in [3.05, 3.63) is 0 Å². The second-order valence-electron chi connectivity index (χ2n) is 5.79. The second-order valence-corrected chi connectivity index (χ2v) is 5.79. The fourth-order valence-electron chi connectivity index (χ4n) is 3.41. The minimum absolute atomic E-state index is 0.284. The molecule has 2 fully saturated rings. The Kier molecular flexibility index (Phi) is 4.45. The van der Waals surface area contributed by atoms with Crippen molar-refractivity contribution in [1.82, 2.24) is 4.90 Å². The Morgan fingerprint density at radius 3 is 2.29 bits per heavy atom. The highest BCUT2D eigenvalue weighted by molar-refractivity contribution is 5.01. The first-order valence-corrected chi connectivity index (χ1v) is 7.25. The first-order valence-electron chi connectivity index (χ1n) is 7.25. The Hall–Kier alpha value is -0.120. The summed E-state index contributed by atoms with van der Waals surface area (Å²) < 4.78 is 5.49. The Balaban J connectivity index is 2.02. The molecule has 3 nitrogen and oxygen atoms in total. The van der Waals surface area contributed by atoms with Gasteiger partial charge in [-0.25, -0.2) is 0 Å². The van der Waals surface area contributed by atoms with Gasteiger partial charge >= 0.3 is 0 Å². The molecule has 2 aliphatic carbocycles. The molecular weight excluding hydrogens is 212 g/mol. The van der Waals surface area contributed by atoms with Gasteiger partial charge in [-0.3, -0.25) is 4.90 Å². The predicted molar refractivity (Wildman–Crippen MR) is 71.1 cm³/mol. The van der Waals surface area contributed by atoms with Gasteiger partial charge < -0.3 is 10.5 Å². The molecular formula is C14H28N2O. The summed E-state index contributed by atoms with van der Waals surface area (Å²) in [4.78, 5) is 2.74. The van der Waals surface area contributed by atoms with E-state index < -0.39 is 0 Å². The average molecular weight is 240 g/mol. The van der Waals surface area contributed by atoms with E-state index in [0.717, 1.165) is 12.6 Å². The molecule has 2 N–H and O–H groups in total. The second kappa shape index (κ2) is 5.68. The van der Waals surface area contributed by atoms with Crippen LogP contribution in [-0.4, -0.2) is 42.8 Å². The highest BCUT2D eigenvalue weighted by Crippen LogP contribution is 2.40. The minimum atomic E-state index is 0.284. The summed E-state index contributed by atoms with van der Waals surface area (Å²) in [6.45, 7) is 4.32. The van der Waals surface area contributed by atoms with Crippen molar-refractivity contribution in [2.24, 2.45) is 5.73 Å². The maximum absolute atomic E-state index is 6.14. The maximum Gasteiger partial charge on any atom is 0.0572 e. The Morgan fingerprint density at radius 1 is 1.24 bits per heavy atom. The van der Waals surface area contributed by atoms with E-state index in [0.29, 0.717) is 6.10 Å². The summed E-state index contributed by atoms with van der Waals surface area (Å²) in [5.41, 5.74) is 6.42. The molecule has 0 aromatic rings. The van der Waals surface area contributed by atoms with Crippen LogP contribution in [0.1, 0.15) is 51.9 Å². The highest BCUT2D eigenvalue weighted by Gasteiger charge is 2.44. The molecule has 3 heteroatoms. The lowest BCUT2D eigenvalue weighted by Gasteiger charge is -2.47. The van der Waals surface area contributed by atoms with Gasteiger partial charge in [0.2, 0.25) is 0 Å². The Labute approximate surface area is 106 Å². The third-order valence-corrected chi connectivity index (χ3v) is 4.64. The molecule has 17 heavy (non-hydrogen) atoms. The van der Waals surface area contributed by atoms with Crippen molar-refractivity contribution in [1.29, 1.82) is 0 Å². The van der Waals surface area contributed by atoms with Crippen LogP contribution >= 0.6 is 0 Å². The van der Waals surface area contributed by atoms with Gasteiger partial charge in [-0.05, 0) is 51.5 Å². The van der Waals surface area contributed by atoms with Crippen molar-refractivity contribution in [2.45, 2.75) is 69.6 Å². The lowest BCUT2D eigenvalue weighted by atomic mass is 9.78. The summed E-state index contributed by atoms with van der Waals surface area (Å²) in [5.74, 6) is 0. The number of ether oxygens (including phenoxy) is 1. The molecule has 0 heterocycles. The van der Waals surface area contributed by atoms with Crippen LogP contribution in [0.4, 0.5) is 0 Å². The van der Waals surface area contributed by atoms with Crippen molar-refractivity contribution >= 4 is 0 Å². The highest BCUT2D eigenvalue weighted by atomic mass is 16.5. The van der Waals surface area contributed by atoms with Gasteiger partial charge in [0.1, 0.15) is 0 Å². The number of hydrogen-bond acceptors (Lipinski definition) is 3. The monoisotopic (exact) mass is 240 g/mol. The normalized spacial score (nSPS) is 34.2.